The second-order valence-electron chi connectivity index (χ2n) is 9.76. The van der Waals surface area contributed by atoms with Gasteiger partial charge in [-0.2, -0.15) is 0 Å². The van der Waals surface area contributed by atoms with Gasteiger partial charge < -0.3 is 18.9 Å². The van der Waals surface area contributed by atoms with Gasteiger partial charge in [0.2, 0.25) is 5.91 Å². The van der Waals surface area contributed by atoms with Crippen molar-refractivity contribution in [2.75, 3.05) is 11.9 Å². The lowest BCUT2D eigenvalue weighted by Gasteiger charge is -2.39. The number of carbonyl (C=O) groups excluding carboxylic acids is 2. The predicted octanol–water partition coefficient (Wildman–Crippen LogP) is 3.80. The van der Waals surface area contributed by atoms with E-state index in [1.807, 2.05) is 13.1 Å². The van der Waals surface area contributed by atoms with E-state index in [0.717, 1.165) is 0 Å². The molecule has 2 amide bonds. The predicted molar refractivity (Wildman–Crippen MR) is 136 cm³/mol. The molecule has 0 aliphatic carbocycles. The van der Waals surface area contributed by atoms with Gasteiger partial charge in [0.25, 0.3) is 0 Å². The maximum Gasteiger partial charge on any atom is 0.410 e. The zero-order valence-corrected chi connectivity index (χ0v) is 25.0. The monoisotopic (exact) mass is 562 g/mol. The number of ether oxygens (including phenoxy) is 1. The fourth-order valence-electron chi connectivity index (χ4n) is 3.93. The molecule has 1 aromatic rings. The number of benzene rings is 1. The van der Waals surface area contributed by atoms with Crippen molar-refractivity contribution in [1.82, 2.24) is 4.90 Å². The third-order valence-corrected chi connectivity index (χ3v) is 7.48. The summed E-state index contributed by atoms with van der Waals surface area (Å²) in [5.74, 6) is -1.07. The molecule has 2 atom stereocenters. The number of halogens is 2. The SMILES string of the molecule is C[SiH2]OC(O[SiH2]C)C(C)(C)[C@H]1C[C@H](C(=O)Nc2ccc(Br)cc2F)N(C(=O)OC(C)(C)C)C1. The van der Waals surface area contributed by atoms with Crippen LogP contribution in [0.2, 0.25) is 13.1 Å². The fraction of sp³-hybridized carbons (Fsp3) is 0.636. The van der Waals surface area contributed by atoms with Crippen LogP contribution in [-0.4, -0.2) is 60.9 Å². The standard InChI is InChI=1S/C22H36BrFN2O5Si2/c1-21(2,3)29-20(28)26-12-13(22(4,5)19(30-32-6)31-33-7)10-17(26)18(27)25-16-9-8-14(23)11-15(16)24/h8-9,11,13,17,19H,10,12,32-33H2,1-7H3,(H,25,27)/t13-,17+/m0/s1. The molecule has 1 aromatic carbocycles. The Morgan fingerprint density at radius 3 is 2.30 bits per heavy atom. The summed E-state index contributed by atoms with van der Waals surface area (Å²) in [6.45, 7) is 13.9. The minimum atomic E-state index is -0.800. The van der Waals surface area contributed by atoms with Gasteiger partial charge in [0.15, 0.2) is 19.5 Å². The first-order valence-corrected chi connectivity index (χ1v) is 16.1. The average molecular weight is 564 g/mol. The molecule has 1 aliphatic rings. The minimum absolute atomic E-state index is 0.0635. The summed E-state index contributed by atoms with van der Waals surface area (Å²) in [7, 11) is -1.44. The molecule has 2 rings (SSSR count). The molecule has 1 N–H and O–H groups in total. The Morgan fingerprint density at radius 1 is 1.18 bits per heavy atom. The number of anilines is 1. The minimum Gasteiger partial charge on any atom is -0.444 e. The van der Waals surface area contributed by atoms with Gasteiger partial charge in [0, 0.05) is 16.4 Å². The van der Waals surface area contributed by atoms with E-state index in [-0.39, 0.29) is 17.9 Å². The largest absolute Gasteiger partial charge is 0.444 e. The highest BCUT2D eigenvalue weighted by atomic mass is 79.9. The Kier molecular flexibility index (Phi) is 9.69. The maximum absolute atomic E-state index is 14.3. The smallest absolute Gasteiger partial charge is 0.410 e. The van der Waals surface area contributed by atoms with Crippen LogP contribution in [0.3, 0.4) is 0 Å². The number of rotatable bonds is 8. The van der Waals surface area contributed by atoms with E-state index < -0.39 is 54.4 Å². The lowest BCUT2D eigenvalue weighted by Crippen LogP contribution is -2.46. The molecule has 1 fully saturated rings. The maximum atomic E-state index is 14.3. The van der Waals surface area contributed by atoms with Crippen LogP contribution in [0.25, 0.3) is 0 Å². The number of nitrogens with zero attached hydrogens (tertiary/aromatic N) is 1. The zero-order valence-electron chi connectivity index (χ0n) is 20.5. The molecule has 33 heavy (non-hydrogen) atoms. The summed E-state index contributed by atoms with van der Waals surface area (Å²) in [6.07, 6.45) is -0.539. The van der Waals surface area contributed by atoms with Crippen molar-refractivity contribution in [1.29, 1.82) is 0 Å². The molecule has 0 aromatic heterocycles. The van der Waals surface area contributed by atoms with E-state index in [1.54, 1.807) is 26.8 Å². The molecule has 0 spiro atoms. The Balaban J connectivity index is 2.32. The third kappa shape index (κ3) is 7.35. The van der Waals surface area contributed by atoms with Gasteiger partial charge in [0.1, 0.15) is 23.8 Å². The van der Waals surface area contributed by atoms with Crippen LogP contribution in [0, 0.1) is 17.2 Å². The quantitative estimate of drug-likeness (QED) is 0.385. The lowest BCUT2D eigenvalue weighted by atomic mass is 9.77. The summed E-state index contributed by atoms with van der Waals surface area (Å²) >= 11 is 3.21. The Labute approximate surface area is 209 Å². The van der Waals surface area contributed by atoms with Gasteiger partial charge in [-0.15, -0.1) is 0 Å². The van der Waals surface area contributed by atoms with Crippen LogP contribution in [-0.2, 0) is 18.4 Å². The van der Waals surface area contributed by atoms with Crippen molar-refractivity contribution in [2.45, 2.75) is 72.1 Å². The van der Waals surface area contributed by atoms with Gasteiger partial charge in [-0.3, -0.25) is 9.69 Å². The summed E-state index contributed by atoms with van der Waals surface area (Å²) in [5.41, 5.74) is -1.07. The van der Waals surface area contributed by atoms with Crippen molar-refractivity contribution in [2.24, 2.45) is 11.3 Å². The number of nitrogens with one attached hydrogen (secondary N) is 1. The zero-order chi connectivity index (χ0) is 25.0. The van der Waals surface area contributed by atoms with Crippen molar-refractivity contribution in [3.05, 3.63) is 28.5 Å². The van der Waals surface area contributed by atoms with Crippen LogP contribution >= 0.6 is 15.9 Å². The molecule has 0 radical (unpaired) electrons. The van der Waals surface area contributed by atoms with Crippen LogP contribution < -0.4 is 5.32 Å². The second-order valence-corrected chi connectivity index (χ2v) is 12.5. The van der Waals surface area contributed by atoms with E-state index in [4.69, 9.17) is 13.6 Å². The molecule has 7 nitrogen and oxygen atoms in total. The van der Waals surface area contributed by atoms with E-state index in [2.05, 4.69) is 35.1 Å². The molecule has 1 aliphatic heterocycles. The Bertz CT molecular complexity index is 847. The Hall–Kier alpha value is -1.28. The highest BCUT2D eigenvalue weighted by Gasteiger charge is 2.49. The third-order valence-electron chi connectivity index (χ3n) is 5.72. The van der Waals surface area contributed by atoms with Crippen molar-refractivity contribution in [3.63, 3.8) is 0 Å². The summed E-state index contributed by atoms with van der Waals surface area (Å²) in [5, 5.41) is 2.65. The molecular formula is C22H36BrFN2O5Si2. The molecule has 186 valence electrons. The number of carbonyl (C=O) groups is 2. The number of amides is 2. The average Bonchev–Trinajstić information content (AvgIpc) is 3.15. The summed E-state index contributed by atoms with van der Waals surface area (Å²) in [4.78, 5) is 27.7. The number of hydrogen-bond donors (Lipinski definition) is 1. The topological polar surface area (TPSA) is 77.1 Å². The van der Waals surface area contributed by atoms with Crippen molar-refractivity contribution >= 4 is 53.1 Å². The lowest BCUT2D eigenvalue weighted by molar-refractivity contribution is -0.120. The molecule has 0 bridgehead atoms. The van der Waals surface area contributed by atoms with Gasteiger partial charge in [-0.1, -0.05) is 42.9 Å². The molecular weight excluding hydrogens is 527 g/mol. The first kappa shape index (κ1) is 28.0. The molecule has 0 unspecified atom stereocenters. The van der Waals surface area contributed by atoms with E-state index >= 15 is 0 Å². The van der Waals surface area contributed by atoms with Crippen LogP contribution in [0.5, 0.6) is 0 Å². The molecule has 11 heteroatoms. The van der Waals surface area contributed by atoms with Gasteiger partial charge in [0.05, 0.1) is 5.69 Å². The first-order chi connectivity index (χ1) is 15.3. The van der Waals surface area contributed by atoms with Gasteiger partial charge >= 0.3 is 6.09 Å². The van der Waals surface area contributed by atoms with Gasteiger partial charge in [-0.25, -0.2) is 9.18 Å². The second kappa shape index (κ2) is 11.4. The van der Waals surface area contributed by atoms with Crippen LogP contribution in [0.1, 0.15) is 41.0 Å². The molecule has 1 saturated heterocycles. The highest BCUT2D eigenvalue weighted by molar-refractivity contribution is 9.10. The van der Waals surface area contributed by atoms with E-state index in [9.17, 15) is 14.0 Å². The Morgan fingerprint density at radius 2 is 1.79 bits per heavy atom. The first-order valence-electron chi connectivity index (χ1n) is 11.3. The number of likely N-dealkylation sites (tertiary alicyclic amines) is 1. The van der Waals surface area contributed by atoms with E-state index in [0.29, 0.717) is 17.4 Å². The van der Waals surface area contributed by atoms with Crippen LogP contribution in [0.4, 0.5) is 14.9 Å². The normalized spacial score (nSPS) is 20.7. The molecule has 1 heterocycles. The highest BCUT2D eigenvalue weighted by Crippen LogP contribution is 2.42. The number of hydrogen-bond acceptors (Lipinski definition) is 5. The van der Waals surface area contributed by atoms with Crippen molar-refractivity contribution < 1.29 is 27.6 Å². The molecule has 0 saturated carbocycles. The summed E-state index contributed by atoms with van der Waals surface area (Å²) < 4.78 is 32.5. The van der Waals surface area contributed by atoms with Crippen molar-refractivity contribution in [3.8, 4) is 0 Å². The van der Waals surface area contributed by atoms with E-state index in [1.165, 1.54) is 17.0 Å². The summed E-state index contributed by atoms with van der Waals surface area (Å²) in [6, 6.07) is 3.62. The van der Waals surface area contributed by atoms with Crippen LogP contribution in [0.15, 0.2) is 22.7 Å². The fourth-order valence-corrected chi connectivity index (χ4v) is 6.11. The van der Waals surface area contributed by atoms with Gasteiger partial charge in [-0.05, 0) is 51.3 Å².